The van der Waals surface area contributed by atoms with Gasteiger partial charge in [0.25, 0.3) is 0 Å². The zero-order valence-electron chi connectivity index (χ0n) is 9.86. The summed E-state index contributed by atoms with van der Waals surface area (Å²) in [6.07, 6.45) is 4.74. The van der Waals surface area contributed by atoms with E-state index in [4.69, 9.17) is 5.11 Å². The van der Waals surface area contributed by atoms with Gasteiger partial charge in [-0.05, 0) is 43.0 Å². The topological polar surface area (TPSA) is 32.3 Å². The van der Waals surface area contributed by atoms with Gasteiger partial charge in [-0.15, -0.1) is 11.3 Å². The van der Waals surface area contributed by atoms with Crippen LogP contribution in [0.3, 0.4) is 0 Å². The maximum atomic E-state index is 9.13. The van der Waals surface area contributed by atoms with E-state index in [0.29, 0.717) is 12.1 Å². The van der Waals surface area contributed by atoms with Crippen LogP contribution in [0.4, 0.5) is 0 Å². The van der Waals surface area contributed by atoms with Crippen molar-refractivity contribution in [3.05, 3.63) is 22.4 Å². The van der Waals surface area contributed by atoms with Crippen LogP contribution >= 0.6 is 11.3 Å². The van der Waals surface area contributed by atoms with Crippen LogP contribution < -0.4 is 5.32 Å². The largest absolute Gasteiger partial charge is 0.396 e. The van der Waals surface area contributed by atoms with Gasteiger partial charge in [0.05, 0.1) is 0 Å². The lowest BCUT2D eigenvalue weighted by Crippen LogP contribution is -2.31. The molecule has 2 nitrogen and oxygen atoms in total. The fourth-order valence-electron chi connectivity index (χ4n) is 2.57. The number of aliphatic hydroxyl groups is 1. The first-order valence-electron chi connectivity index (χ1n) is 6.20. The molecule has 90 valence electrons. The summed E-state index contributed by atoms with van der Waals surface area (Å²) in [5.41, 5.74) is 0. The predicted octanol–water partition coefficient (Wildman–Crippen LogP) is 2.95. The predicted molar refractivity (Wildman–Crippen MR) is 68.7 cm³/mol. The highest BCUT2D eigenvalue weighted by molar-refractivity contribution is 7.10. The Kier molecular flexibility index (Phi) is 4.38. The van der Waals surface area contributed by atoms with Crippen molar-refractivity contribution in [2.45, 2.75) is 44.7 Å². The minimum atomic E-state index is 0.262. The molecule has 1 fully saturated rings. The Morgan fingerprint density at radius 2 is 2.44 bits per heavy atom. The first-order chi connectivity index (χ1) is 7.79. The summed E-state index contributed by atoms with van der Waals surface area (Å²) in [5, 5.41) is 14.9. The summed E-state index contributed by atoms with van der Waals surface area (Å²) in [6, 6.07) is 5.24. The molecule has 1 saturated carbocycles. The molecule has 0 saturated heterocycles. The maximum absolute atomic E-state index is 9.13. The molecular weight excluding hydrogens is 218 g/mol. The van der Waals surface area contributed by atoms with E-state index < -0.39 is 0 Å². The molecule has 16 heavy (non-hydrogen) atoms. The molecule has 0 aromatic carbocycles. The Balaban J connectivity index is 1.93. The number of thiophene rings is 1. The molecule has 1 aromatic heterocycles. The van der Waals surface area contributed by atoms with E-state index >= 15 is 0 Å². The van der Waals surface area contributed by atoms with Gasteiger partial charge < -0.3 is 10.4 Å². The molecule has 0 amide bonds. The fraction of sp³-hybridized carbons (Fsp3) is 0.692. The molecule has 2 rings (SSSR count). The number of nitrogens with one attached hydrogen (secondary N) is 1. The van der Waals surface area contributed by atoms with Crippen LogP contribution in [0.25, 0.3) is 0 Å². The summed E-state index contributed by atoms with van der Waals surface area (Å²) in [6.45, 7) is 2.59. The van der Waals surface area contributed by atoms with Crippen LogP contribution in [0.2, 0.25) is 0 Å². The second kappa shape index (κ2) is 5.80. The maximum Gasteiger partial charge on any atom is 0.0449 e. The van der Waals surface area contributed by atoms with Crippen molar-refractivity contribution in [3.63, 3.8) is 0 Å². The fourth-order valence-corrected chi connectivity index (χ4v) is 3.39. The van der Waals surface area contributed by atoms with Crippen molar-refractivity contribution >= 4 is 11.3 Å². The minimum absolute atomic E-state index is 0.262. The lowest BCUT2D eigenvalue weighted by atomic mass is 10.1. The van der Waals surface area contributed by atoms with Crippen LogP contribution in [0.15, 0.2) is 17.5 Å². The van der Waals surface area contributed by atoms with Crippen molar-refractivity contribution in [2.24, 2.45) is 5.92 Å². The normalized spacial score (nSPS) is 27.1. The van der Waals surface area contributed by atoms with Gasteiger partial charge in [-0.1, -0.05) is 13.0 Å². The van der Waals surface area contributed by atoms with Gasteiger partial charge in [0.15, 0.2) is 0 Å². The molecule has 0 spiro atoms. The number of hydrogen-bond acceptors (Lipinski definition) is 3. The van der Waals surface area contributed by atoms with Gasteiger partial charge >= 0.3 is 0 Å². The Labute approximate surface area is 102 Å². The van der Waals surface area contributed by atoms with Crippen LogP contribution in [-0.2, 0) is 0 Å². The van der Waals surface area contributed by atoms with Crippen LogP contribution in [-0.4, -0.2) is 17.8 Å². The Hall–Kier alpha value is -0.380. The lowest BCUT2D eigenvalue weighted by Gasteiger charge is -2.21. The number of hydrogen-bond donors (Lipinski definition) is 2. The lowest BCUT2D eigenvalue weighted by molar-refractivity contribution is 0.259. The van der Waals surface area contributed by atoms with Crippen LogP contribution in [0.5, 0.6) is 0 Å². The van der Waals surface area contributed by atoms with E-state index in [0.717, 1.165) is 12.3 Å². The van der Waals surface area contributed by atoms with Crippen LogP contribution in [0.1, 0.15) is 43.5 Å². The number of aliphatic hydroxyl groups excluding tert-OH is 1. The molecule has 3 unspecified atom stereocenters. The first-order valence-corrected chi connectivity index (χ1v) is 7.08. The third kappa shape index (κ3) is 3.06. The zero-order valence-corrected chi connectivity index (χ0v) is 10.7. The summed E-state index contributed by atoms with van der Waals surface area (Å²) < 4.78 is 0. The van der Waals surface area contributed by atoms with Gasteiger partial charge in [-0.25, -0.2) is 0 Å². The second-order valence-electron chi connectivity index (χ2n) is 4.86. The molecule has 1 aliphatic rings. The average Bonchev–Trinajstić information content (AvgIpc) is 2.88. The molecule has 0 bridgehead atoms. The first kappa shape index (κ1) is 12.1. The van der Waals surface area contributed by atoms with Gasteiger partial charge in [0, 0.05) is 23.6 Å². The molecule has 0 aliphatic heterocycles. The SMILES string of the molecule is CC1CCC(NC(CCO)c2cccs2)C1. The van der Waals surface area contributed by atoms with Gasteiger partial charge in [0.2, 0.25) is 0 Å². The highest BCUT2D eigenvalue weighted by atomic mass is 32.1. The van der Waals surface area contributed by atoms with Crippen molar-refractivity contribution < 1.29 is 5.11 Å². The van der Waals surface area contributed by atoms with Crippen molar-refractivity contribution in [2.75, 3.05) is 6.61 Å². The summed E-state index contributed by atoms with van der Waals surface area (Å²) in [5.74, 6) is 0.857. The molecule has 0 radical (unpaired) electrons. The molecule has 2 N–H and O–H groups in total. The summed E-state index contributed by atoms with van der Waals surface area (Å²) in [4.78, 5) is 1.36. The Bertz CT molecular complexity index is 299. The molecule has 1 aromatic rings. The molecule has 3 atom stereocenters. The third-order valence-corrected chi connectivity index (χ3v) is 4.42. The molecular formula is C13H21NOS. The minimum Gasteiger partial charge on any atom is -0.396 e. The third-order valence-electron chi connectivity index (χ3n) is 3.44. The second-order valence-corrected chi connectivity index (χ2v) is 5.84. The highest BCUT2D eigenvalue weighted by Crippen LogP contribution is 2.29. The average molecular weight is 239 g/mol. The van der Waals surface area contributed by atoms with Gasteiger partial charge in [-0.2, -0.15) is 0 Å². The molecule has 1 aliphatic carbocycles. The van der Waals surface area contributed by atoms with E-state index in [1.165, 1.54) is 24.1 Å². The van der Waals surface area contributed by atoms with Crippen molar-refractivity contribution in [1.29, 1.82) is 0 Å². The molecule has 1 heterocycles. The Morgan fingerprint density at radius 3 is 3.00 bits per heavy atom. The molecule has 3 heteroatoms. The van der Waals surface area contributed by atoms with E-state index in [-0.39, 0.29) is 6.61 Å². The van der Waals surface area contributed by atoms with E-state index in [1.807, 2.05) is 0 Å². The smallest absolute Gasteiger partial charge is 0.0449 e. The zero-order chi connectivity index (χ0) is 11.4. The summed E-state index contributed by atoms with van der Waals surface area (Å²) in [7, 11) is 0. The standard InChI is InChI=1S/C13H21NOS/c1-10-4-5-11(9-10)14-12(6-7-15)13-3-2-8-16-13/h2-3,8,10-12,14-15H,4-7,9H2,1H3. The summed E-state index contributed by atoms with van der Waals surface area (Å²) >= 11 is 1.78. The van der Waals surface area contributed by atoms with Gasteiger partial charge in [-0.3, -0.25) is 0 Å². The number of rotatable bonds is 5. The monoisotopic (exact) mass is 239 g/mol. The van der Waals surface area contributed by atoms with Crippen LogP contribution in [0, 0.1) is 5.92 Å². The Morgan fingerprint density at radius 1 is 1.56 bits per heavy atom. The quantitative estimate of drug-likeness (QED) is 0.828. The van der Waals surface area contributed by atoms with E-state index in [2.05, 4.69) is 29.8 Å². The van der Waals surface area contributed by atoms with Gasteiger partial charge in [0.1, 0.15) is 0 Å². The van der Waals surface area contributed by atoms with E-state index in [9.17, 15) is 0 Å². The van der Waals surface area contributed by atoms with Crippen molar-refractivity contribution in [1.82, 2.24) is 5.32 Å². The van der Waals surface area contributed by atoms with E-state index in [1.54, 1.807) is 11.3 Å². The van der Waals surface area contributed by atoms with Crippen molar-refractivity contribution in [3.8, 4) is 0 Å². The highest BCUT2D eigenvalue weighted by Gasteiger charge is 2.24.